The largest absolute Gasteiger partial charge is 0.373 e. The van der Waals surface area contributed by atoms with Gasteiger partial charge in [0, 0.05) is 5.70 Å². The van der Waals surface area contributed by atoms with Crippen LogP contribution in [0.25, 0.3) is 0 Å². The van der Waals surface area contributed by atoms with Gasteiger partial charge in [-0.2, -0.15) is 0 Å². The smallest absolute Gasteiger partial charge is 0.194 e. The van der Waals surface area contributed by atoms with E-state index in [2.05, 4.69) is 28.8 Å². The van der Waals surface area contributed by atoms with Crippen LogP contribution in [0.2, 0.25) is 0 Å². The van der Waals surface area contributed by atoms with E-state index in [0.29, 0.717) is 18.3 Å². The van der Waals surface area contributed by atoms with Crippen LogP contribution in [0.4, 0.5) is 0 Å². The lowest BCUT2D eigenvalue weighted by Gasteiger charge is -2.04. The fraction of sp³-hybridized carbons (Fsp3) is 0.222. The van der Waals surface area contributed by atoms with E-state index in [0.717, 1.165) is 0 Å². The molecule has 0 aromatic carbocycles. The second-order valence-corrected chi connectivity index (χ2v) is 2.26. The van der Waals surface area contributed by atoms with E-state index in [1.807, 2.05) is 19.1 Å². The van der Waals surface area contributed by atoms with Crippen LogP contribution in [0.15, 0.2) is 42.2 Å². The number of nitrogens with zero attached hydrogens (tertiary/aromatic N) is 1. The van der Waals surface area contributed by atoms with Crippen molar-refractivity contribution in [2.45, 2.75) is 6.92 Å². The zero-order valence-electron chi connectivity index (χ0n) is 7.88. The number of hydrogen-bond donors (Lipinski definition) is 3. The van der Waals surface area contributed by atoms with Gasteiger partial charge in [-0.1, -0.05) is 19.2 Å². The summed E-state index contributed by atoms with van der Waals surface area (Å²) in [5, 5.41) is 5.60. The summed E-state index contributed by atoms with van der Waals surface area (Å²) in [7, 11) is 0. The molecular weight excluding hydrogens is 164 g/mol. The minimum atomic E-state index is 0.331. The highest BCUT2D eigenvalue weighted by Crippen LogP contribution is 1.84. The maximum atomic E-state index is 5.52. The van der Waals surface area contributed by atoms with Crippen LogP contribution in [-0.2, 0) is 0 Å². The maximum absolute atomic E-state index is 5.52. The molecular formula is C9H16N4. The number of aliphatic imine (C=N–C) groups is 1. The summed E-state index contributed by atoms with van der Waals surface area (Å²) in [6, 6.07) is 0. The molecule has 0 fully saturated rings. The Morgan fingerprint density at radius 1 is 1.62 bits per heavy atom. The lowest BCUT2D eigenvalue weighted by Crippen LogP contribution is -2.31. The summed E-state index contributed by atoms with van der Waals surface area (Å²) in [5.74, 6) is 0.331. The van der Waals surface area contributed by atoms with Gasteiger partial charge < -0.3 is 16.4 Å². The third-order valence-electron chi connectivity index (χ3n) is 1.14. The summed E-state index contributed by atoms with van der Waals surface area (Å²) in [6.45, 7) is 9.50. The Morgan fingerprint density at radius 3 is 2.85 bits per heavy atom. The monoisotopic (exact) mass is 180 g/mol. The molecule has 0 bridgehead atoms. The molecule has 0 saturated carbocycles. The van der Waals surface area contributed by atoms with E-state index in [9.17, 15) is 0 Å². The minimum absolute atomic E-state index is 0.331. The van der Waals surface area contributed by atoms with E-state index in [-0.39, 0.29) is 0 Å². The van der Waals surface area contributed by atoms with Crippen molar-refractivity contribution in [3.05, 3.63) is 37.2 Å². The van der Waals surface area contributed by atoms with Gasteiger partial charge in [0.15, 0.2) is 5.96 Å². The Bertz CT molecular complexity index is 228. The van der Waals surface area contributed by atoms with Gasteiger partial charge in [0.1, 0.15) is 6.67 Å². The van der Waals surface area contributed by atoms with Crippen molar-refractivity contribution in [3.8, 4) is 0 Å². The number of rotatable bonds is 5. The molecule has 0 aliphatic rings. The molecule has 4 heteroatoms. The third kappa shape index (κ3) is 6.68. The van der Waals surface area contributed by atoms with Gasteiger partial charge in [-0.05, 0) is 19.2 Å². The van der Waals surface area contributed by atoms with E-state index in [1.165, 1.54) is 0 Å². The lowest BCUT2D eigenvalue weighted by molar-refractivity contribution is 0.875. The Balaban J connectivity index is 3.83. The summed E-state index contributed by atoms with van der Waals surface area (Å²) < 4.78 is 0. The van der Waals surface area contributed by atoms with Crippen LogP contribution in [0, 0.1) is 0 Å². The molecule has 0 heterocycles. The molecule has 13 heavy (non-hydrogen) atoms. The van der Waals surface area contributed by atoms with Gasteiger partial charge in [0.05, 0.1) is 0 Å². The van der Waals surface area contributed by atoms with Gasteiger partial charge in [-0.3, -0.25) is 0 Å². The molecule has 0 aliphatic carbocycles. The molecule has 0 atom stereocenters. The fourth-order valence-corrected chi connectivity index (χ4v) is 0.642. The Morgan fingerprint density at radius 2 is 2.31 bits per heavy atom. The molecule has 0 unspecified atom stereocenters. The first-order chi connectivity index (χ1) is 6.20. The van der Waals surface area contributed by atoms with E-state index < -0.39 is 0 Å². The molecule has 0 aromatic rings. The van der Waals surface area contributed by atoms with E-state index >= 15 is 0 Å². The Labute approximate surface area is 78.9 Å². The molecule has 72 valence electrons. The van der Waals surface area contributed by atoms with Gasteiger partial charge in [0.25, 0.3) is 0 Å². The molecule has 0 aliphatic heterocycles. The van der Waals surface area contributed by atoms with Crippen LogP contribution >= 0.6 is 0 Å². The zero-order valence-corrected chi connectivity index (χ0v) is 7.88. The van der Waals surface area contributed by atoms with E-state index in [1.54, 1.807) is 6.20 Å². The summed E-state index contributed by atoms with van der Waals surface area (Å²) in [4.78, 5) is 3.94. The zero-order chi connectivity index (χ0) is 10.1. The predicted molar refractivity (Wildman–Crippen MR) is 56.9 cm³/mol. The van der Waals surface area contributed by atoms with Crippen molar-refractivity contribution >= 4 is 5.96 Å². The highest BCUT2D eigenvalue weighted by molar-refractivity contribution is 5.79. The normalized spacial score (nSPS) is 11.3. The van der Waals surface area contributed by atoms with Crippen molar-refractivity contribution < 1.29 is 0 Å². The Hall–Kier alpha value is -1.71. The van der Waals surface area contributed by atoms with E-state index in [4.69, 9.17) is 5.73 Å². The van der Waals surface area contributed by atoms with Crippen molar-refractivity contribution in [2.24, 2.45) is 10.7 Å². The van der Waals surface area contributed by atoms with Crippen molar-refractivity contribution in [1.82, 2.24) is 10.6 Å². The molecule has 4 nitrogen and oxygen atoms in total. The average molecular weight is 180 g/mol. The fourth-order valence-electron chi connectivity index (χ4n) is 0.642. The van der Waals surface area contributed by atoms with Crippen molar-refractivity contribution in [1.29, 1.82) is 0 Å². The maximum Gasteiger partial charge on any atom is 0.194 e. The molecule has 0 saturated heterocycles. The van der Waals surface area contributed by atoms with Gasteiger partial charge in [-0.25, -0.2) is 4.99 Å². The number of guanidine groups is 1. The SMILES string of the molecule is C=CNCN=C(N)NC(=C)/C=C\C. The first kappa shape index (κ1) is 11.3. The summed E-state index contributed by atoms with van der Waals surface area (Å²) in [5.41, 5.74) is 6.23. The van der Waals surface area contributed by atoms with Gasteiger partial charge in [0.2, 0.25) is 0 Å². The third-order valence-corrected chi connectivity index (χ3v) is 1.14. The standard InChI is InChI=1S/C9H16N4/c1-4-6-8(3)13-9(10)12-7-11-5-2/h4-6,11H,2-3,7H2,1H3,(H3,10,12,13)/b6-4-. The minimum Gasteiger partial charge on any atom is -0.373 e. The lowest BCUT2D eigenvalue weighted by atomic mass is 10.4. The first-order valence-corrected chi connectivity index (χ1v) is 3.93. The Kier molecular flexibility index (Phi) is 6.05. The van der Waals surface area contributed by atoms with Crippen LogP contribution in [-0.4, -0.2) is 12.6 Å². The van der Waals surface area contributed by atoms with Crippen molar-refractivity contribution in [3.63, 3.8) is 0 Å². The summed E-state index contributed by atoms with van der Waals surface area (Å²) in [6.07, 6.45) is 5.23. The van der Waals surface area contributed by atoms with Crippen LogP contribution in [0.5, 0.6) is 0 Å². The quantitative estimate of drug-likeness (QED) is 0.252. The second kappa shape index (κ2) is 6.97. The van der Waals surface area contributed by atoms with Crippen molar-refractivity contribution in [2.75, 3.05) is 6.67 Å². The van der Waals surface area contributed by atoms with Crippen LogP contribution in [0.3, 0.4) is 0 Å². The first-order valence-electron chi connectivity index (χ1n) is 3.93. The number of nitrogens with two attached hydrogens (primary N) is 1. The molecule has 4 N–H and O–H groups in total. The van der Waals surface area contributed by atoms with Crippen LogP contribution in [0.1, 0.15) is 6.92 Å². The second-order valence-electron chi connectivity index (χ2n) is 2.26. The highest BCUT2D eigenvalue weighted by Gasteiger charge is 1.89. The average Bonchev–Trinajstić information content (AvgIpc) is 2.05. The molecule has 0 rings (SSSR count). The van der Waals surface area contributed by atoms with Crippen LogP contribution < -0.4 is 16.4 Å². The number of allylic oxidation sites excluding steroid dienone is 2. The molecule has 0 amide bonds. The van der Waals surface area contributed by atoms with Gasteiger partial charge in [-0.15, -0.1) is 0 Å². The molecule has 0 radical (unpaired) electrons. The number of nitrogens with one attached hydrogen (secondary N) is 2. The predicted octanol–water partition coefficient (Wildman–Crippen LogP) is 0.671. The topological polar surface area (TPSA) is 62.4 Å². The number of hydrogen-bond acceptors (Lipinski definition) is 2. The highest BCUT2D eigenvalue weighted by atomic mass is 15.1. The summed E-state index contributed by atoms with van der Waals surface area (Å²) >= 11 is 0. The molecule has 0 spiro atoms. The molecule has 0 aromatic heterocycles. The van der Waals surface area contributed by atoms with Gasteiger partial charge >= 0.3 is 0 Å².